The lowest BCUT2D eigenvalue weighted by atomic mass is 10.0. The van der Waals surface area contributed by atoms with Crippen LogP contribution in [0, 0.1) is 5.92 Å². The van der Waals surface area contributed by atoms with Crippen LogP contribution in [0.2, 0.25) is 0 Å². The van der Waals surface area contributed by atoms with Crippen molar-refractivity contribution >= 4 is 0 Å². The lowest BCUT2D eigenvalue weighted by molar-refractivity contribution is 0.396. The molecular formula is C12H18O3. The highest BCUT2D eigenvalue weighted by Gasteiger charge is 2.13. The first kappa shape index (κ1) is 11.8. The van der Waals surface area contributed by atoms with E-state index in [9.17, 15) is 9.90 Å². The van der Waals surface area contributed by atoms with Gasteiger partial charge in [-0.1, -0.05) is 27.7 Å². The predicted octanol–water partition coefficient (Wildman–Crippen LogP) is 2.67. The van der Waals surface area contributed by atoms with Gasteiger partial charge in [0.25, 0.3) is 0 Å². The molecule has 0 aromatic carbocycles. The molecule has 0 unspecified atom stereocenters. The molecular weight excluding hydrogens is 192 g/mol. The summed E-state index contributed by atoms with van der Waals surface area (Å²) in [6.45, 7) is 7.82. The summed E-state index contributed by atoms with van der Waals surface area (Å²) in [5.41, 5.74) is -0.0261. The summed E-state index contributed by atoms with van der Waals surface area (Å²) in [4.78, 5) is 11.6. The fourth-order valence-electron chi connectivity index (χ4n) is 1.41. The zero-order valence-electron chi connectivity index (χ0n) is 9.70. The molecule has 1 rings (SSSR count). The Labute approximate surface area is 89.7 Å². The fourth-order valence-corrected chi connectivity index (χ4v) is 1.41. The summed E-state index contributed by atoms with van der Waals surface area (Å²) < 4.78 is 5.14. The largest absolute Gasteiger partial charge is 0.507 e. The zero-order chi connectivity index (χ0) is 11.6. The molecule has 0 spiro atoms. The lowest BCUT2D eigenvalue weighted by Crippen LogP contribution is -2.12. The van der Waals surface area contributed by atoms with Crippen LogP contribution in [-0.4, -0.2) is 5.11 Å². The minimum absolute atomic E-state index is 0.0589. The van der Waals surface area contributed by atoms with Gasteiger partial charge in [-0.2, -0.15) is 0 Å². The zero-order valence-corrected chi connectivity index (χ0v) is 9.70. The highest BCUT2D eigenvalue weighted by Crippen LogP contribution is 2.22. The number of hydrogen-bond donors (Lipinski definition) is 1. The van der Waals surface area contributed by atoms with Gasteiger partial charge < -0.3 is 9.52 Å². The van der Waals surface area contributed by atoms with Crippen LogP contribution in [0.4, 0.5) is 0 Å². The van der Waals surface area contributed by atoms with Gasteiger partial charge in [0, 0.05) is 12.0 Å². The van der Waals surface area contributed by atoms with Crippen LogP contribution in [0.25, 0.3) is 0 Å². The van der Waals surface area contributed by atoms with Gasteiger partial charge in [-0.25, -0.2) is 4.79 Å². The van der Waals surface area contributed by atoms with E-state index in [0.717, 1.165) is 0 Å². The van der Waals surface area contributed by atoms with Gasteiger partial charge in [0.1, 0.15) is 11.5 Å². The molecule has 0 amide bonds. The third kappa shape index (κ3) is 2.85. The topological polar surface area (TPSA) is 50.4 Å². The predicted molar refractivity (Wildman–Crippen MR) is 59.3 cm³/mol. The smallest absolute Gasteiger partial charge is 0.342 e. The van der Waals surface area contributed by atoms with Crippen molar-refractivity contribution in [3.8, 4) is 5.75 Å². The van der Waals surface area contributed by atoms with E-state index in [1.54, 1.807) is 6.07 Å². The Hall–Kier alpha value is -1.25. The number of hydrogen-bond acceptors (Lipinski definition) is 3. The average molecular weight is 210 g/mol. The quantitative estimate of drug-likeness (QED) is 0.834. The molecule has 15 heavy (non-hydrogen) atoms. The summed E-state index contributed by atoms with van der Waals surface area (Å²) in [7, 11) is 0. The molecule has 1 N–H and O–H groups in total. The first-order chi connectivity index (χ1) is 6.91. The Morgan fingerprint density at radius 1 is 1.33 bits per heavy atom. The van der Waals surface area contributed by atoms with E-state index >= 15 is 0 Å². The maximum absolute atomic E-state index is 11.6. The first-order valence-corrected chi connectivity index (χ1v) is 5.27. The van der Waals surface area contributed by atoms with Crippen LogP contribution < -0.4 is 5.63 Å². The van der Waals surface area contributed by atoms with Crippen LogP contribution in [0.3, 0.4) is 0 Å². The Kier molecular flexibility index (Phi) is 3.56. The molecule has 0 aliphatic rings. The minimum Gasteiger partial charge on any atom is -0.507 e. The van der Waals surface area contributed by atoms with E-state index in [1.807, 2.05) is 27.7 Å². The highest BCUT2D eigenvalue weighted by atomic mass is 16.4. The van der Waals surface area contributed by atoms with E-state index < -0.39 is 5.63 Å². The van der Waals surface area contributed by atoms with Gasteiger partial charge in [0.05, 0.1) is 5.56 Å². The maximum atomic E-state index is 11.6. The Morgan fingerprint density at radius 3 is 2.33 bits per heavy atom. The summed E-state index contributed by atoms with van der Waals surface area (Å²) in [6.07, 6.45) is 0.548. The molecule has 3 heteroatoms. The highest BCUT2D eigenvalue weighted by molar-refractivity contribution is 5.31. The summed E-state index contributed by atoms with van der Waals surface area (Å²) in [6, 6.07) is 1.55. The van der Waals surface area contributed by atoms with Crippen molar-refractivity contribution in [2.24, 2.45) is 5.92 Å². The van der Waals surface area contributed by atoms with Gasteiger partial charge >= 0.3 is 5.63 Å². The third-order valence-electron chi connectivity index (χ3n) is 2.23. The van der Waals surface area contributed by atoms with Crippen LogP contribution in [0.5, 0.6) is 5.75 Å². The molecule has 0 radical (unpaired) electrons. The van der Waals surface area contributed by atoms with E-state index in [2.05, 4.69) is 0 Å². The van der Waals surface area contributed by atoms with E-state index in [-0.39, 0.29) is 11.7 Å². The van der Waals surface area contributed by atoms with Gasteiger partial charge in [0.15, 0.2) is 0 Å². The minimum atomic E-state index is -0.410. The van der Waals surface area contributed by atoms with Gasteiger partial charge in [-0.15, -0.1) is 0 Å². The first-order valence-electron chi connectivity index (χ1n) is 5.27. The van der Waals surface area contributed by atoms with Gasteiger partial charge in [0.2, 0.25) is 0 Å². The molecule has 1 aromatic rings. The summed E-state index contributed by atoms with van der Waals surface area (Å²) in [5, 5.41) is 9.71. The fraction of sp³-hybridized carbons (Fsp3) is 0.583. The molecule has 84 valence electrons. The average Bonchev–Trinajstić information content (AvgIpc) is 2.10. The van der Waals surface area contributed by atoms with Gasteiger partial charge in [-0.05, 0) is 12.3 Å². The second kappa shape index (κ2) is 4.51. The molecule has 1 aromatic heterocycles. The van der Waals surface area contributed by atoms with Crippen LogP contribution in [0.1, 0.15) is 44.9 Å². The molecule has 0 bridgehead atoms. The molecule has 0 fully saturated rings. The van der Waals surface area contributed by atoms with Crippen molar-refractivity contribution in [1.82, 2.24) is 0 Å². The lowest BCUT2D eigenvalue weighted by Gasteiger charge is -2.09. The Bertz CT molecular complexity index is 388. The molecule has 0 saturated carbocycles. The standard InChI is InChI=1S/C12H18O3/c1-7(2)5-9-10(13)6-11(8(3)4)15-12(9)14/h6-8,13H,5H2,1-4H3. The van der Waals surface area contributed by atoms with E-state index in [1.165, 1.54) is 0 Å². The molecule has 0 saturated heterocycles. The Morgan fingerprint density at radius 2 is 1.93 bits per heavy atom. The summed E-state index contributed by atoms with van der Waals surface area (Å²) >= 11 is 0. The molecule has 0 aliphatic heterocycles. The van der Waals surface area contributed by atoms with Crippen molar-refractivity contribution in [3.63, 3.8) is 0 Å². The van der Waals surface area contributed by atoms with Gasteiger partial charge in [-0.3, -0.25) is 0 Å². The van der Waals surface area contributed by atoms with Crippen LogP contribution >= 0.6 is 0 Å². The number of rotatable bonds is 3. The Balaban J connectivity index is 3.16. The van der Waals surface area contributed by atoms with Crippen molar-refractivity contribution in [3.05, 3.63) is 27.8 Å². The molecule has 3 nitrogen and oxygen atoms in total. The third-order valence-corrected chi connectivity index (χ3v) is 2.23. The monoisotopic (exact) mass is 210 g/mol. The SMILES string of the molecule is CC(C)Cc1c(O)cc(C(C)C)oc1=O. The van der Waals surface area contributed by atoms with E-state index in [4.69, 9.17) is 4.42 Å². The second-order valence-electron chi connectivity index (χ2n) is 4.55. The van der Waals surface area contributed by atoms with E-state index in [0.29, 0.717) is 23.7 Å². The molecule has 0 atom stereocenters. The van der Waals surface area contributed by atoms with Crippen LogP contribution in [0.15, 0.2) is 15.3 Å². The van der Waals surface area contributed by atoms with Crippen molar-refractivity contribution < 1.29 is 9.52 Å². The molecule has 1 heterocycles. The van der Waals surface area contributed by atoms with Crippen molar-refractivity contribution in [1.29, 1.82) is 0 Å². The van der Waals surface area contributed by atoms with Crippen LogP contribution in [-0.2, 0) is 6.42 Å². The summed E-state index contributed by atoms with van der Waals surface area (Å²) in [5.74, 6) is 1.02. The van der Waals surface area contributed by atoms with Crippen molar-refractivity contribution in [2.75, 3.05) is 0 Å². The second-order valence-corrected chi connectivity index (χ2v) is 4.55. The normalized spacial score (nSPS) is 11.3. The maximum Gasteiger partial charge on any atom is 0.342 e. The van der Waals surface area contributed by atoms with Crippen molar-refractivity contribution in [2.45, 2.75) is 40.0 Å². The molecule has 0 aliphatic carbocycles. The number of aromatic hydroxyl groups is 1.